The summed E-state index contributed by atoms with van der Waals surface area (Å²) in [5.74, 6) is 0. The first-order valence-corrected chi connectivity index (χ1v) is 3.87. The maximum Gasteiger partial charge on any atom is -0.00941 e. The molecule has 0 aromatic rings. The van der Waals surface area contributed by atoms with E-state index in [4.69, 9.17) is 0 Å². The van der Waals surface area contributed by atoms with Crippen molar-refractivity contribution in [2.75, 3.05) is 0 Å². The summed E-state index contributed by atoms with van der Waals surface area (Å²) < 4.78 is 0. The Balaban J connectivity index is 2.15. The third-order valence-corrected chi connectivity index (χ3v) is 1.84. The van der Waals surface area contributed by atoms with Crippen LogP contribution in [0.4, 0.5) is 0 Å². The van der Waals surface area contributed by atoms with E-state index >= 15 is 0 Å². The van der Waals surface area contributed by atoms with Gasteiger partial charge in [0.2, 0.25) is 0 Å². The Kier molecular flexibility index (Phi) is 1.60. The Hall–Kier alpha value is -1.30. The van der Waals surface area contributed by atoms with Gasteiger partial charge in [0, 0.05) is 0 Å². The Bertz CT molecular complexity index is 282. The van der Waals surface area contributed by atoms with Crippen LogP contribution < -0.4 is 0 Å². The predicted octanol–water partition coefficient (Wildman–Crippen LogP) is 2.93. The average molecular weight is 142 g/mol. The minimum absolute atomic E-state index is 1.09. The highest BCUT2D eigenvalue weighted by atomic mass is 14.0. The third kappa shape index (κ3) is 1.40. The molecule has 0 heterocycles. The number of allylic oxidation sites excluding steroid dienone is 10. The van der Waals surface area contributed by atoms with Gasteiger partial charge in [0.25, 0.3) is 0 Å². The van der Waals surface area contributed by atoms with Crippen molar-refractivity contribution >= 4 is 0 Å². The first-order chi connectivity index (χ1) is 5.45. The van der Waals surface area contributed by atoms with E-state index in [-0.39, 0.29) is 0 Å². The molecule has 2 rings (SSSR count). The molecular weight excluding hydrogens is 132 g/mol. The van der Waals surface area contributed by atoms with Gasteiger partial charge in [0.15, 0.2) is 0 Å². The van der Waals surface area contributed by atoms with Gasteiger partial charge in [0.05, 0.1) is 0 Å². The maximum absolute atomic E-state index is 2.22. The summed E-state index contributed by atoms with van der Waals surface area (Å²) in [6.45, 7) is 0. The average Bonchev–Trinajstić information content (AvgIpc) is 2.60. The Labute approximate surface area is 66.9 Å². The third-order valence-electron chi connectivity index (χ3n) is 1.84. The van der Waals surface area contributed by atoms with Gasteiger partial charge in [-0.1, -0.05) is 48.6 Å². The van der Waals surface area contributed by atoms with Gasteiger partial charge in [-0.3, -0.25) is 0 Å². The van der Waals surface area contributed by atoms with E-state index in [2.05, 4.69) is 48.6 Å². The summed E-state index contributed by atoms with van der Waals surface area (Å²) >= 11 is 0. The van der Waals surface area contributed by atoms with E-state index in [0.29, 0.717) is 0 Å². The van der Waals surface area contributed by atoms with Crippen LogP contribution in [0.15, 0.2) is 59.8 Å². The van der Waals surface area contributed by atoms with E-state index in [1.807, 2.05) is 0 Å². The van der Waals surface area contributed by atoms with Crippen LogP contribution in [-0.2, 0) is 0 Å². The SMILES string of the molecule is C1=CCC(C=C2C=CC=C2)=C1. The molecule has 11 heavy (non-hydrogen) atoms. The quantitative estimate of drug-likeness (QED) is 0.528. The molecule has 0 spiro atoms. The molecule has 0 aromatic carbocycles. The lowest BCUT2D eigenvalue weighted by Gasteiger charge is -1.92. The number of hydrogen-bond acceptors (Lipinski definition) is 0. The zero-order valence-electron chi connectivity index (χ0n) is 6.33. The monoisotopic (exact) mass is 142 g/mol. The van der Waals surface area contributed by atoms with Crippen molar-refractivity contribution in [2.24, 2.45) is 0 Å². The lowest BCUT2D eigenvalue weighted by Crippen LogP contribution is -1.72. The van der Waals surface area contributed by atoms with Crippen molar-refractivity contribution < 1.29 is 0 Å². The molecule has 0 nitrogen and oxygen atoms in total. The molecule has 2 aliphatic carbocycles. The second-order valence-corrected chi connectivity index (χ2v) is 2.74. The van der Waals surface area contributed by atoms with Crippen LogP contribution in [0.25, 0.3) is 0 Å². The number of rotatable bonds is 1. The Morgan fingerprint density at radius 1 is 1.09 bits per heavy atom. The van der Waals surface area contributed by atoms with Crippen LogP contribution in [0.3, 0.4) is 0 Å². The summed E-state index contributed by atoms with van der Waals surface area (Å²) in [5.41, 5.74) is 2.70. The molecule has 0 saturated carbocycles. The van der Waals surface area contributed by atoms with E-state index in [0.717, 1.165) is 6.42 Å². The molecule has 0 amide bonds. The normalized spacial score (nSPS) is 19.6. The lowest BCUT2D eigenvalue weighted by molar-refractivity contribution is 1.33. The number of hydrogen-bond donors (Lipinski definition) is 0. The standard InChI is InChI=1S/C11H10/c1-2-6-10(5-1)9-11-7-3-4-8-11/h1-7,9H,8H2. The summed E-state index contributed by atoms with van der Waals surface area (Å²) in [5, 5.41) is 0. The highest BCUT2D eigenvalue weighted by Crippen LogP contribution is 2.16. The molecule has 0 unspecified atom stereocenters. The van der Waals surface area contributed by atoms with Crippen molar-refractivity contribution in [3.63, 3.8) is 0 Å². The van der Waals surface area contributed by atoms with Gasteiger partial charge < -0.3 is 0 Å². The van der Waals surface area contributed by atoms with E-state index < -0.39 is 0 Å². The second-order valence-electron chi connectivity index (χ2n) is 2.74. The van der Waals surface area contributed by atoms with Crippen molar-refractivity contribution in [1.29, 1.82) is 0 Å². The second kappa shape index (κ2) is 2.75. The fraction of sp³-hybridized carbons (Fsp3) is 0.0909. The van der Waals surface area contributed by atoms with Crippen molar-refractivity contribution in [3.8, 4) is 0 Å². The van der Waals surface area contributed by atoms with Gasteiger partial charge in [0.1, 0.15) is 0 Å². The van der Waals surface area contributed by atoms with Gasteiger partial charge in [-0.2, -0.15) is 0 Å². The summed E-state index contributed by atoms with van der Waals surface area (Å²) in [7, 11) is 0. The van der Waals surface area contributed by atoms with Gasteiger partial charge in [-0.15, -0.1) is 0 Å². The highest BCUT2D eigenvalue weighted by Gasteiger charge is 1.96. The zero-order valence-corrected chi connectivity index (χ0v) is 6.33. The topological polar surface area (TPSA) is 0 Å². The molecule has 0 aromatic heterocycles. The molecule has 0 heteroatoms. The first-order valence-electron chi connectivity index (χ1n) is 3.87. The van der Waals surface area contributed by atoms with Crippen LogP contribution in [-0.4, -0.2) is 0 Å². The predicted molar refractivity (Wildman–Crippen MR) is 48.2 cm³/mol. The minimum atomic E-state index is 1.09. The van der Waals surface area contributed by atoms with Crippen molar-refractivity contribution in [3.05, 3.63) is 59.8 Å². The van der Waals surface area contributed by atoms with E-state index in [1.54, 1.807) is 0 Å². The van der Waals surface area contributed by atoms with Crippen LogP contribution in [0.1, 0.15) is 6.42 Å². The van der Waals surface area contributed by atoms with Crippen LogP contribution in [0, 0.1) is 0 Å². The molecule has 0 bridgehead atoms. The molecule has 2 aliphatic rings. The van der Waals surface area contributed by atoms with E-state index in [1.165, 1.54) is 11.1 Å². The first kappa shape index (κ1) is 6.41. The fourth-order valence-corrected chi connectivity index (χ4v) is 1.27. The largest absolute Gasteiger partial charge is 0.0801 e. The van der Waals surface area contributed by atoms with Crippen LogP contribution in [0.2, 0.25) is 0 Å². The van der Waals surface area contributed by atoms with Crippen LogP contribution >= 0.6 is 0 Å². The molecule has 0 radical (unpaired) electrons. The summed E-state index contributed by atoms with van der Waals surface area (Å²) in [4.78, 5) is 0. The molecule has 0 aliphatic heterocycles. The Morgan fingerprint density at radius 3 is 2.55 bits per heavy atom. The zero-order chi connectivity index (χ0) is 7.52. The van der Waals surface area contributed by atoms with Crippen LogP contribution in [0.5, 0.6) is 0 Å². The molecule has 54 valence electrons. The maximum atomic E-state index is 2.22. The van der Waals surface area contributed by atoms with Gasteiger partial charge in [-0.05, 0) is 17.6 Å². The van der Waals surface area contributed by atoms with Crippen molar-refractivity contribution in [2.45, 2.75) is 6.42 Å². The smallest absolute Gasteiger partial charge is 0.00941 e. The summed E-state index contributed by atoms with van der Waals surface area (Å²) in [6, 6.07) is 0. The minimum Gasteiger partial charge on any atom is -0.0801 e. The van der Waals surface area contributed by atoms with E-state index in [9.17, 15) is 0 Å². The molecule has 0 saturated heterocycles. The Morgan fingerprint density at radius 2 is 1.91 bits per heavy atom. The highest BCUT2D eigenvalue weighted by molar-refractivity contribution is 5.46. The fourth-order valence-electron chi connectivity index (χ4n) is 1.27. The molecule has 0 atom stereocenters. The molecule has 0 N–H and O–H groups in total. The van der Waals surface area contributed by atoms with Gasteiger partial charge >= 0.3 is 0 Å². The van der Waals surface area contributed by atoms with Gasteiger partial charge in [-0.25, -0.2) is 0 Å². The van der Waals surface area contributed by atoms with Crippen molar-refractivity contribution in [1.82, 2.24) is 0 Å². The molecule has 0 fully saturated rings. The molecular formula is C11H10. The summed E-state index contributed by atoms with van der Waals surface area (Å²) in [6.07, 6.45) is 18.1. The lowest BCUT2D eigenvalue weighted by atomic mass is 10.1.